The number of carbonyl (C=O) groups is 1. The Morgan fingerprint density at radius 2 is 2.17 bits per heavy atom. The highest BCUT2D eigenvalue weighted by atomic mass is 16.5. The van der Waals surface area contributed by atoms with Gasteiger partial charge in [0.25, 0.3) is 5.91 Å². The summed E-state index contributed by atoms with van der Waals surface area (Å²) >= 11 is 0. The summed E-state index contributed by atoms with van der Waals surface area (Å²) in [5.74, 6) is 0.796. The molecular weight excluding hydrogens is 234 g/mol. The third kappa shape index (κ3) is 3.92. The molecule has 100 valence electrons. The van der Waals surface area contributed by atoms with Gasteiger partial charge in [0.05, 0.1) is 13.2 Å². The van der Waals surface area contributed by atoms with Crippen molar-refractivity contribution >= 4 is 5.91 Å². The normalized spacial score (nSPS) is 11.8. The third-order valence-electron chi connectivity index (χ3n) is 2.40. The maximum Gasteiger partial charge on any atom is 0.257 e. The molecule has 0 saturated heterocycles. The lowest BCUT2D eigenvalue weighted by atomic mass is 10.1. The van der Waals surface area contributed by atoms with Crippen LogP contribution in [-0.4, -0.2) is 31.3 Å². The van der Waals surface area contributed by atoms with Gasteiger partial charge >= 0.3 is 0 Å². The van der Waals surface area contributed by atoms with Crippen molar-refractivity contribution in [3.05, 3.63) is 23.8 Å². The van der Waals surface area contributed by atoms with E-state index < -0.39 is 6.10 Å². The number of ether oxygens (including phenoxy) is 2. The highest BCUT2D eigenvalue weighted by Gasteiger charge is 2.10. The molecule has 5 nitrogen and oxygen atoms in total. The maximum absolute atomic E-state index is 11.3. The van der Waals surface area contributed by atoms with Crippen molar-refractivity contribution in [3.8, 4) is 11.5 Å². The summed E-state index contributed by atoms with van der Waals surface area (Å²) in [6.45, 7) is 4.03. The number of aliphatic hydroxyl groups is 1. The fraction of sp³-hybridized carbons (Fsp3) is 0.462. The molecule has 1 atom stereocenters. The molecule has 0 radical (unpaired) electrons. The molecule has 1 aromatic carbocycles. The molecular formula is C13H19NO4. The number of rotatable bonds is 6. The number of benzene rings is 1. The second kappa shape index (κ2) is 6.86. The van der Waals surface area contributed by atoms with Gasteiger partial charge in [0, 0.05) is 6.54 Å². The lowest BCUT2D eigenvalue weighted by molar-refractivity contribution is -0.123. The van der Waals surface area contributed by atoms with E-state index in [4.69, 9.17) is 9.47 Å². The van der Waals surface area contributed by atoms with Crippen molar-refractivity contribution in [1.29, 1.82) is 0 Å². The number of aliphatic hydroxyl groups excluding tert-OH is 1. The Morgan fingerprint density at radius 1 is 1.44 bits per heavy atom. The van der Waals surface area contributed by atoms with Crippen molar-refractivity contribution in [2.24, 2.45) is 0 Å². The Morgan fingerprint density at radius 3 is 2.72 bits per heavy atom. The quantitative estimate of drug-likeness (QED) is 0.801. The number of likely N-dealkylation sites (N-methyl/N-ethyl adjacent to an activating group) is 1. The number of nitrogens with one attached hydrogen (secondary N) is 1. The average molecular weight is 253 g/mol. The van der Waals surface area contributed by atoms with Gasteiger partial charge in [0.1, 0.15) is 0 Å². The van der Waals surface area contributed by atoms with E-state index in [0.29, 0.717) is 18.0 Å². The molecule has 1 amide bonds. The zero-order valence-corrected chi connectivity index (χ0v) is 10.9. The van der Waals surface area contributed by atoms with Crippen LogP contribution in [0.1, 0.15) is 25.5 Å². The fourth-order valence-electron chi connectivity index (χ4n) is 1.45. The van der Waals surface area contributed by atoms with Gasteiger partial charge in [0.15, 0.2) is 18.1 Å². The van der Waals surface area contributed by atoms with Crippen molar-refractivity contribution in [3.63, 3.8) is 0 Å². The molecule has 0 bridgehead atoms. The molecule has 5 heteroatoms. The van der Waals surface area contributed by atoms with Crippen molar-refractivity contribution < 1.29 is 19.4 Å². The summed E-state index contributed by atoms with van der Waals surface area (Å²) in [4.78, 5) is 11.3. The molecule has 0 spiro atoms. The number of hydrogen-bond acceptors (Lipinski definition) is 4. The molecule has 0 aliphatic carbocycles. The summed E-state index contributed by atoms with van der Waals surface area (Å²) < 4.78 is 10.5. The van der Waals surface area contributed by atoms with Crippen LogP contribution in [0, 0.1) is 0 Å². The standard InChI is InChI=1S/C13H19NO4/c1-4-14-13(16)8-18-11-6-5-10(9(2)15)7-12(11)17-3/h5-7,9,15H,4,8H2,1-3H3,(H,14,16). The molecule has 0 fully saturated rings. The molecule has 18 heavy (non-hydrogen) atoms. The monoisotopic (exact) mass is 253 g/mol. The van der Waals surface area contributed by atoms with Gasteiger partial charge < -0.3 is 19.9 Å². The first-order chi connectivity index (χ1) is 8.58. The smallest absolute Gasteiger partial charge is 0.257 e. The van der Waals surface area contributed by atoms with Crippen LogP contribution in [0.3, 0.4) is 0 Å². The van der Waals surface area contributed by atoms with Crippen LogP contribution in [-0.2, 0) is 4.79 Å². The fourth-order valence-corrected chi connectivity index (χ4v) is 1.45. The summed E-state index contributed by atoms with van der Waals surface area (Å²) in [5.41, 5.74) is 0.734. The van der Waals surface area contributed by atoms with E-state index in [9.17, 15) is 9.90 Å². The molecule has 0 aliphatic heterocycles. The molecule has 1 unspecified atom stereocenters. The second-order valence-electron chi connectivity index (χ2n) is 3.83. The lowest BCUT2D eigenvalue weighted by Crippen LogP contribution is -2.28. The first-order valence-electron chi connectivity index (χ1n) is 5.84. The topological polar surface area (TPSA) is 67.8 Å². The highest BCUT2D eigenvalue weighted by molar-refractivity contribution is 5.77. The van der Waals surface area contributed by atoms with E-state index in [0.717, 1.165) is 5.56 Å². The number of hydrogen-bond donors (Lipinski definition) is 2. The Kier molecular flexibility index (Phi) is 5.45. The molecule has 0 aromatic heterocycles. The van der Waals surface area contributed by atoms with Crippen molar-refractivity contribution in [1.82, 2.24) is 5.32 Å². The molecule has 1 aromatic rings. The minimum Gasteiger partial charge on any atom is -0.493 e. The van der Waals surface area contributed by atoms with Gasteiger partial charge in [-0.25, -0.2) is 0 Å². The molecule has 0 aliphatic rings. The Labute approximate surface area is 107 Å². The highest BCUT2D eigenvalue weighted by Crippen LogP contribution is 2.30. The van der Waals surface area contributed by atoms with E-state index in [1.54, 1.807) is 25.1 Å². The van der Waals surface area contributed by atoms with Crippen molar-refractivity contribution in [2.75, 3.05) is 20.3 Å². The number of methoxy groups -OCH3 is 1. The van der Waals surface area contributed by atoms with Crippen LogP contribution < -0.4 is 14.8 Å². The predicted octanol–water partition coefficient (Wildman–Crippen LogP) is 1.26. The van der Waals surface area contributed by atoms with Crippen LogP contribution in [0.2, 0.25) is 0 Å². The Balaban J connectivity index is 2.73. The van der Waals surface area contributed by atoms with Crippen LogP contribution in [0.4, 0.5) is 0 Å². The zero-order chi connectivity index (χ0) is 13.5. The maximum atomic E-state index is 11.3. The van der Waals surface area contributed by atoms with Gasteiger partial charge in [-0.3, -0.25) is 4.79 Å². The third-order valence-corrected chi connectivity index (χ3v) is 2.40. The molecule has 1 rings (SSSR count). The van der Waals surface area contributed by atoms with E-state index in [1.165, 1.54) is 7.11 Å². The largest absolute Gasteiger partial charge is 0.493 e. The van der Waals surface area contributed by atoms with E-state index >= 15 is 0 Å². The summed E-state index contributed by atoms with van der Waals surface area (Å²) in [5, 5.41) is 12.1. The number of amides is 1. The molecule has 0 heterocycles. The SMILES string of the molecule is CCNC(=O)COc1ccc(C(C)O)cc1OC. The van der Waals surface area contributed by atoms with Crippen LogP contribution in [0.5, 0.6) is 11.5 Å². The van der Waals surface area contributed by atoms with E-state index in [1.807, 2.05) is 6.92 Å². The lowest BCUT2D eigenvalue weighted by Gasteiger charge is -2.13. The van der Waals surface area contributed by atoms with Gasteiger partial charge in [-0.1, -0.05) is 6.07 Å². The van der Waals surface area contributed by atoms with E-state index in [-0.39, 0.29) is 12.5 Å². The zero-order valence-electron chi connectivity index (χ0n) is 10.9. The Hall–Kier alpha value is -1.75. The van der Waals surface area contributed by atoms with E-state index in [2.05, 4.69) is 5.32 Å². The van der Waals surface area contributed by atoms with Gasteiger partial charge in [-0.15, -0.1) is 0 Å². The molecule has 2 N–H and O–H groups in total. The van der Waals surface area contributed by atoms with Gasteiger partial charge in [-0.2, -0.15) is 0 Å². The van der Waals surface area contributed by atoms with Crippen LogP contribution in [0.15, 0.2) is 18.2 Å². The summed E-state index contributed by atoms with van der Waals surface area (Å²) in [7, 11) is 1.51. The van der Waals surface area contributed by atoms with Gasteiger partial charge in [0.2, 0.25) is 0 Å². The first kappa shape index (κ1) is 14.3. The average Bonchev–Trinajstić information content (AvgIpc) is 2.36. The first-order valence-corrected chi connectivity index (χ1v) is 5.84. The minimum absolute atomic E-state index is 0.0573. The molecule has 0 saturated carbocycles. The van der Waals surface area contributed by atoms with Crippen LogP contribution in [0.25, 0.3) is 0 Å². The van der Waals surface area contributed by atoms with Gasteiger partial charge in [-0.05, 0) is 31.5 Å². The number of carbonyl (C=O) groups excluding carboxylic acids is 1. The van der Waals surface area contributed by atoms with Crippen molar-refractivity contribution in [2.45, 2.75) is 20.0 Å². The second-order valence-corrected chi connectivity index (χ2v) is 3.83. The Bertz CT molecular complexity index is 404. The minimum atomic E-state index is -0.573. The summed E-state index contributed by atoms with van der Waals surface area (Å²) in [6, 6.07) is 5.11. The summed E-state index contributed by atoms with van der Waals surface area (Å²) in [6.07, 6.45) is -0.573. The van der Waals surface area contributed by atoms with Crippen LogP contribution >= 0.6 is 0 Å². The predicted molar refractivity (Wildman–Crippen MR) is 67.8 cm³/mol.